The van der Waals surface area contributed by atoms with Crippen molar-refractivity contribution in [1.82, 2.24) is 4.98 Å². The second-order valence-electron chi connectivity index (χ2n) is 5.47. The van der Waals surface area contributed by atoms with Gasteiger partial charge in [-0.1, -0.05) is 31.2 Å². The van der Waals surface area contributed by atoms with Crippen LogP contribution in [-0.2, 0) is 24.1 Å². The molecule has 108 valence electrons. The third kappa shape index (κ3) is 3.13. The van der Waals surface area contributed by atoms with Crippen LogP contribution < -0.4 is 4.74 Å². The lowest BCUT2D eigenvalue weighted by molar-refractivity contribution is -0.123. The van der Waals surface area contributed by atoms with Crippen LogP contribution in [0.25, 0.3) is 0 Å². The Hall–Kier alpha value is -2.16. The van der Waals surface area contributed by atoms with Crippen molar-refractivity contribution in [1.29, 1.82) is 0 Å². The highest BCUT2D eigenvalue weighted by Crippen LogP contribution is 2.27. The van der Waals surface area contributed by atoms with Crippen molar-refractivity contribution in [3.8, 4) is 5.75 Å². The molecule has 0 saturated carbocycles. The molecule has 0 radical (unpaired) electrons. The summed E-state index contributed by atoms with van der Waals surface area (Å²) in [5, 5.41) is 0. The van der Waals surface area contributed by atoms with Crippen LogP contribution in [-0.4, -0.2) is 17.4 Å². The third-order valence-corrected chi connectivity index (χ3v) is 3.98. The summed E-state index contributed by atoms with van der Waals surface area (Å²) in [5.41, 5.74) is 3.16. The molecule has 1 unspecified atom stereocenters. The van der Waals surface area contributed by atoms with E-state index in [0.29, 0.717) is 13.0 Å². The van der Waals surface area contributed by atoms with E-state index in [1.807, 2.05) is 42.6 Å². The Morgan fingerprint density at radius 3 is 2.90 bits per heavy atom. The summed E-state index contributed by atoms with van der Waals surface area (Å²) in [6, 6.07) is 11.9. The van der Waals surface area contributed by atoms with E-state index in [9.17, 15) is 4.79 Å². The van der Waals surface area contributed by atoms with Crippen LogP contribution >= 0.6 is 0 Å². The number of ether oxygens (including phenoxy) is 1. The molecule has 1 aromatic heterocycles. The number of pyridine rings is 1. The summed E-state index contributed by atoms with van der Waals surface area (Å²) in [6.07, 6.45) is 3.98. The van der Waals surface area contributed by atoms with Crippen molar-refractivity contribution in [2.75, 3.05) is 6.61 Å². The van der Waals surface area contributed by atoms with Crippen molar-refractivity contribution in [3.63, 3.8) is 0 Å². The van der Waals surface area contributed by atoms with E-state index in [2.05, 4.69) is 11.9 Å². The molecule has 1 aliphatic heterocycles. The Morgan fingerprint density at radius 2 is 2.14 bits per heavy atom. The van der Waals surface area contributed by atoms with Gasteiger partial charge in [0.05, 0.1) is 12.5 Å². The SMILES string of the molecule is CCc1ccc(CC(=O)C2COc3ccccc3C2)nc1. The fourth-order valence-corrected chi connectivity index (χ4v) is 2.63. The molecule has 2 aromatic rings. The van der Waals surface area contributed by atoms with Crippen LogP contribution in [0.15, 0.2) is 42.6 Å². The maximum atomic E-state index is 12.4. The number of para-hydroxylation sites is 1. The first-order valence-electron chi connectivity index (χ1n) is 7.43. The predicted octanol–water partition coefficient (Wildman–Crippen LogP) is 3.01. The Balaban J connectivity index is 1.66. The number of carbonyl (C=O) groups excluding carboxylic acids is 1. The van der Waals surface area contributed by atoms with Crippen LogP contribution in [0.3, 0.4) is 0 Å². The fourth-order valence-electron chi connectivity index (χ4n) is 2.63. The third-order valence-electron chi connectivity index (χ3n) is 3.98. The molecule has 0 amide bonds. The highest BCUT2D eigenvalue weighted by molar-refractivity contribution is 5.83. The lowest BCUT2D eigenvalue weighted by Crippen LogP contribution is -2.29. The molecular weight excluding hydrogens is 262 g/mol. The van der Waals surface area contributed by atoms with Gasteiger partial charge in [0.25, 0.3) is 0 Å². The Bertz CT molecular complexity index is 634. The molecule has 1 aromatic carbocycles. The average Bonchev–Trinajstić information content (AvgIpc) is 2.55. The second kappa shape index (κ2) is 6.08. The highest BCUT2D eigenvalue weighted by Gasteiger charge is 2.25. The first kappa shape index (κ1) is 13.8. The average molecular weight is 281 g/mol. The van der Waals surface area contributed by atoms with Crippen molar-refractivity contribution in [2.45, 2.75) is 26.2 Å². The van der Waals surface area contributed by atoms with Gasteiger partial charge in [-0.05, 0) is 36.1 Å². The topological polar surface area (TPSA) is 39.2 Å². The van der Waals surface area contributed by atoms with E-state index >= 15 is 0 Å². The zero-order valence-electron chi connectivity index (χ0n) is 12.2. The van der Waals surface area contributed by atoms with E-state index in [1.165, 1.54) is 5.56 Å². The molecule has 1 atom stereocenters. The molecule has 3 heteroatoms. The predicted molar refractivity (Wildman–Crippen MR) is 81.5 cm³/mol. The van der Waals surface area contributed by atoms with Crippen LogP contribution in [0, 0.1) is 5.92 Å². The summed E-state index contributed by atoms with van der Waals surface area (Å²) in [6.45, 7) is 2.57. The summed E-state index contributed by atoms with van der Waals surface area (Å²) in [4.78, 5) is 16.8. The van der Waals surface area contributed by atoms with Gasteiger partial charge in [0.15, 0.2) is 0 Å². The molecule has 3 nitrogen and oxygen atoms in total. The normalized spacial score (nSPS) is 16.9. The summed E-state index contributed by atoms with van der Waals surface area (Å²) < 4.78 is 5.69. The highest BCUT2D eigenvalue weighted by atomic mass is 16.5. The van der Waals surface area contributed by atoms with Gasteiger partial charge in [0.2, 0.25) is 0 Å². The quantitative estimate of drug-likeness (QED) is 0.864. The van der Waals surface area contributed by atoms with Gasteiger partial charge in [0.1, 0.15) is 11.5 Å². The van der Waals surface area contributed by atoms with Crippen molar-refractivity contribution >= 4 is 5.78 Å². The lowest BCUT2D eigenvalue weighted by Gasteiger charge is -2.24. The van der Waals surface area contributed by atoms with E-state index in [1.54, 1.807) is 0 Å². The van der Waals surface area contributed by atoms with Gasteiger partial charge in [-0.15, -0.1) is 0 Å². The zero-order valence-corrected chi connectivity index (χ0v) is 12.2. The summed E-state index contributed by atoms with van der Waals surface area (Å²) in [5.74, 6) is 1.06. The van der Waals surface area contributed by atoms with Gasteiger partial charge in [-0.25, -0.2) is 0 Å². The Morgan fingerprint density at radius 1 is 1.29 bits per heavy atom. The smallest absolute Gasteiger partial charge is 0.145 e. The molecular formula is C18H19NO2. The standard InChI is InChI=1S/C18H19NO2/c1-2-13-7-8-16(19-11-13)10-17(20)15-9-14-5-3-4-6-18(14)21-12-15/h3-8,11,15H,2,9-10,12H2,1H3. The molecule has 0 spiro atoms. The summed E-state index contributed by atoms with van der Waals surface area (Å²) >= 11 is 0. The Labute approximate surface area is 125 Å². The van der Waals surface area contributed by atoms with Crippen molar-refractivity contribution < 1.29 is 9.53 Å². The second-order valence-corrected chi connectivity index (χ2v) is 5.47. The number of hydrogen-bond donors (Lipinski definition) is 0. The van der Waals surface area contributed by atoms with Crippen molar-refractivity contribution in [2.24, 2.45) is 5.92 Å². The number of fused-ring (bicyclic) bond motifs is 1. The largest absolute Gasteiger partial charge is 0.493 e. The van der Waals surface area contributed by atoms with Gasteiger partial charge in [-0.3, -0.25) is 9.78 Å². The molecule has 0 saturated heterocycles. The fraction of sp³-hybridized carbons (Fsp3) is 0.333. The molecule has 0 bridgehead atoms. The maximum Gasteiger partial charge on any atom is 0.145 e. The number of benzene rings is 1. The zero-order chi connectivity index (χ0) is 14.7. The maximum absolute atomic E-state index is 12.4. The first-order chi connectivity index (χ1) is 10.3. The number of nitrogens with zero attached hydrogens (tertiary/aromatic N) is 1. The molecule has 0 N–H and O–H groups in total. The Kier molecular flexibility index (Phi) is 4.00. The minimum atomic E-state index is -0.0625. The molecule has 3 rings (SSSR count). The molecule has 0 fully saturated rings. The van der Waals surface area contributed by atoms with Crippen LogP contribution in [0.1, 0.15) is 23.7 Å². The van der Waals surface area contributed by atoms with E-state index in [4.69, 9.17) is 4.74 Å². The molecule has 2 heterocycles. The van der Waals surface area contributed by atoms with Crippen LogP contribution in [0.2, 0.25) is 0 Å². The number of Topliss-reactive ketones (excluding diaryl/α,β-unsaturated/α-hetero) is 1. The van der Waals surface area contributed by atoms with Gasteiger partial charge in [0, 0.05) is 18.3 Å². The molecule has 1 aliphatic rings. The van der Waals surface area contributed by atoms with Crippen LogP contribution in [0.4, 0.5) is 0 Å². The van der Waals surface area contributed by atoms with Crippen LogP contribution in [0.5, 0.6) is 5.75 Å². The number of aryl methyl sites for hydroxylation is 1. The number of ketones is 1. The van der Waals surface area contributed by atoms with Gasteiger partial charge in [-0.2, -0.15) is 0 Å². The molecule has 0 aliphatic carbocycles. The van der Waals surface area contributed by atoms with E-state index in [-0.39, 0.29) is 11.7 Å². The van der Waals surface area contributed by atoms with E-state index < -0.39 is 0 Å². The number of rotatable bonds is 4. The number of carbonyl (C=O) groups is 1. The summed E-state index contributed by atoms with van der Waals surface area (Å²) in [7, 11) is 0. The van der Waals surface area contributed by atoms with Gasteiger partial charge < -0.3 is 4.74 Å². The van der Waals surface area contributed by atoms with E-state index in [0.717, 1.165) is 29.8 Å². The number of hydrogen-bond acceptors (Lipinski definition) is 3. The minimum absolute atomic E-state index is 0.0625. The van der Waals surface area contributed by atoms with Crippen molar-refractivity contribution in [3.05, 3.63) is 59.4 Å². The lowest BCUT2D eigenvalue weighted by atomic mass is 9.91. The monoisotopic (exact) mass is 281 g/mol. The number of aromatic nitrogens is 1. The molecule has 21 heavy (non-hydrogen) atoms. The van der Waals surface area contributed by atoms with Gasteiger partial charge >= 0.3 is 0 Å². The minimum Gasteiger partial charge on any atom is -0.493 e. The first-order valence-corrected chi connectivity index (χ1v) is 7.43.